The molecular weight excluding hydrogens is 549 g/mol. The molecular formula is C27H37F3N4O5S. The van der Waals surface area contributed by atoms with E-state index in [0.717, 1.165) is 43.0 Å². The van der Waals surface area contributed by atoms with Crippen LogP contribution in [0.1, 0.15) is 68.1 Å². The predicted octanol–water partition coefficient (Wildman–Crippen LogP) is 4.15. The van der Waals surface area contributed by atoms with E-state index in [0.29, 0.717) is 39.0 Å². The molecule has 13 heteroatoms. The molecule has 0 bridgehead atoms. The van der Waals surface area contributed by atoms with Crippen molar-refractivity contribution in [1.29, 1.82) is 0 Å². The van der Waals surface area contributed by atoms with Gasteiger partial charge in [-0.1, -0.05) is 20.8 Å². The Morgan fingerprint density at radius 3 is 2.55 bits per heavy atom. The number of alkyl halides is 3. The van der Waals surface area contributed by atoms with Crippen LogP contribution in [-0.2, 0) is 33.9 Å². The van der Waals surface area contributed by atoms with E-state index in [2.05, 4.69) is 30.9 Å². The van der Waals surface area contributed by atoms with Crippen LogP contribution in [0.5, 0.6) is 5.75 Å². The summed E-state index contributed by atoms with van der Waals surface area (Å²) in [5, 5.41) is 3.27. The number of carbonyl (C=O) groups excluding carboxylic acids is 1. The highest BCUT2D eigenvalue weighted by molar-refractivity contribution is 7.88. The number of halogens is 3. The van der Waals surface area contributed by atoms with Crippen molar-refractivity contribution in [2.24, 2.45) is 10.4 Å². The Hall–Kier alpha value is -2.64. The van der Waals surface area contributed by atoms with Gasteiger partial charge in [0, 0.05) is 24.9 Å². The zero-order valence-corrected chi connectivity index (χ0v) is 24.1. The number of nitrogens with one attached hydrogen (secondary N) is 1. The second kappa shape index (κ2) is 11.7. The molecule has 2 aromatic rings. The zero-order chi connectivity index (χ0) is 29.3. The van der Waals surface area contributed by atoms with E-state index >= 15 is 0 Å². The molecule has 0 aliphatic carbocycles. The lowest BCUT2D eigenvalue weighted by Crippen LogP contribution is -2.38. The average Bonchev–Trinajstić information content (AvgIpc) is 3.58. The number of hydrogen-bond acceptors (Lipinski definition) is 5. The molecule has 40 heavy (non-hydrogen) atoms. The maximum absolute atomic E-state index is 13.6. The molecule has 0 radical (unpaired) electrons. The van der Waals surface area contributed by atoms with Gasteiger partial charge in [-0.3, -0.25) is 9.48 Å². The maximum Gasteiger partial charge on any atom is 0.416 e. The highest BCUT2D eigenvalue weighted by Crippen LogP contribution is 2.33. The van der Waals surface area contributed by atoms with Gasteiger partial charge >= 0.3 is 6.18 Å². The van der Waals surface area contributed by atoms with Gasteiger partial charge < -0.3 is 14.6 Å². The van der Waals surface area contributed by atoms with Crippen LogP contribution in [-0.4, -0.2) is 66.6 Å². The van der Waals surface area contributed by atoms with Gasteiger partial charge in [0.2, 0.25) is 10.0 Å². The van der Waals surface area contributed by atoms with Crippen molar-refractivity contribution in [3.63, 3.8) is 0 Å². The Morgan fingerprint density at radius 2 is 1.93 bits per heavy atom. The van der Waals surface area contributed by atoms with Gasteiger partial charge in [-0.2, -0.15) is 22.5 Å². The Labute approximate surface area is 232 Å². The molecule has 2 aliphatic heterocycles. The van der Waals surface area contributed by atoms with Crippen molar-refractivity contribution in [1.82, 2.24) is 14.1 Å². The summed E-state index contributed by atoms with van der Waals surface area (Å²) in [5.41, 5.74) is -0.301. The highest BCUT2D eigenvalue weighted by Gasteiger charge is 2.34. The number of amides is 1. The summed E-state index contributed by atoms with van der Waals surface area (Å²) in [6, 6.07) is 3.92. The monoisotopic (exact) mass is 586 g/mol. The van der Waals surface area contributed by atoms with Crippen molar-refractivity contribution in [2.45, 2.75) is 77.7 Å². The summed E-state index contributed by atoms with van der Waals surface area (Å²) >= 11 is 0. The third kappa shape index (κ3) is 7.76. The third-order valence-corrected chi connectivity index (χ3v) is 8.26. The van der Waals surface area contributed by atoms with Crippen molar-refractivity contribution in [3.8, 4) is 5.75 Å². The molecule has 2 fully saturated rings. The number of aromatic amines is 1. The summed E-state index contributed by atoms with van der Waals surface area (Å²) in [6.07, 6.45) is -0.00646. The Morgan fingerprint density at radius 1 is 1.18 bits per heavy atom. The summed E-state index contributed by atoms with van der Waals surface area (Å²) in [4.78, 5) is 17.7. The van der Waals surface area contributed by atoms with Gasteiger partial charge in [-0.25, -0.2) is 8.42 Å². The number of benzene rings is 1. The van der Waals surface area contributed by atoms with E-state index in [-0.39, 0.29) is 34.9 Å². The van der Waals surface area contributed by atoms with E-state index < -0.39 is 33.7 Å². The first-order valence-electron chi connectivity index (χ1n) is 13.4. The van der Waals surface area contributed by atoms with Gasteiger partial charge in [-0.15, -0.1) is 0 Å². The molecule has 1 aromatic heterocycles. The van der Waals surface area contributed by atoms with Crippen LogP contribution in [0, 0.1) is 5.41 Å². The SMILES string of the molecule is CC(C)(C)Cc1c/c(=N\C(=O)c2cc(C(F)(F)F)ccc2OC[C@@H]2CCCN2S(C)(=O)=O)n(C[C@H]2CCCO2)[nH]1. The van der Waals surface area contributed by atoms with Gasteiger partial charge in [0.1, 0.15) is 12.4 Å². The Bertz CT molecular complexity index is 1390. The van der Waals surface area contributed by atoms with E-state index in [1.807, 2.05) is 0 Å². The fourth-order valence-electron chi connectivity index (χ4n) is 5.14. The van der Waals surface area contributed by atoms with Crippen LogP contribution >= 0.6 is 0 Å². The first-order chi connectivity index (χ1) is 18.6. The van der Waals surface area contributed by atoms with E-state index in [9.17, 15) is 26.4 Å². The molecule has 9 nitrogen and oxygen atoms in total. The number of sulfonamides is 1. The fourth-order valence-corrected chi connectivity index (χ4v) is 6.31. The van der Waals surface area contributed by atoms with Crippen LogP contribution in [0.25, 0.3) is 0 Å². The number of rotatable bonds is 8. The fraction of sp³-hybridized carbons (Fsp3) is 0.630. The normalized spacial score (nSPS) is 21.3. The number of nitrogens with zero attached hydrogens (tertiary/aromatic N) is 3. The predicted molar refractivity (Wildman–Crippen MR) is 142 cm³/mol. The van der Waals surface area contributed by atoms with Crippen LogP contribution in [0.3, 0.4) is 0 Å². The molecule has 1 amide bonds. The zero-order valence-electron chi connectivity index (χ0n) is 23.3. The third-order valence-electron chi connectivity index (χ3n) is 6.92. The lowest BCUT2D eigenvalue weighted by molar-refractivity contribution is -0.137. The van der Waals surface area contributed by atoms with Crippen LogP contribution in [0.2, 0.25) is 0 Å². The molecule has 0 spiro atoms. The van der Waals surface area contributed by atoms with Gasteiger partial charge in [-0.05, 0) is 55.7 Å². The first kappa shape index (κ1) is 30.3. The molecule has 1 aromatic carbocycles. The van der Waals surface area contributed by atoms with Gasteiger partial charge in [0.25, 0.3) is 5.91 Å². The number of aromatic nitrogens is 2. The smallest absolute Gasteiger partial charge is 0.416 e. The summed E-state index contributed by atoms with van der Waals surface area (Å²) in [5.74, 6) is -0.979. The summed E-state index contributed by atoms with van der Waals surface area (Å²) in [6.45, 7) is 7.53. The molecule has 4 rings (SSSR count). The van der Waals surface area contributed by atoms with Crippen molar-refractivity contribution in [2.75, 3.05) is 26.0 Å². The van der Waals surface area contributed by atoms with Crippen molar-refractivity contribution >= 4 is 15.9 Å². The number of hydrogen-bond donors (Lipinski definition) is 1. The minimum absolute atomic E-state index is 0.0596. The standard InChI is InChI=1S/C27H37F3N4O5S/c1-26(2,3)15-19-14-24(33(32-19)16-21-8-6-12-38-21)31-25(35)22-13-18(27(28,29)30)9-10-23(22)39-17-20-7-5-11-34(20)40(4,36)37/h9-10,13-14,20-21,32H,5-8,11-12,15-17H2,1-4H3/b31-24+/t20-,21+/m0/s1. The molecule has 2 atom stereocenters. The molecule has 222 valence electrons. The summed E-state index contributed by atoms with van der Waals surface area (Å²) < 4.78 is 79.5. The number of carbonyl (C=O) groups is 1. The van der Waals surface area contributed by atoms with Crippen LogP contribution < -0.4 is 10.2 Å². The van der Waals surface area contributed by atoms with Crippen LogP contribution in [0.15, 0.2) is 29.3 Å². The highest BCUT2D eigenvalue weighted by atomic mass is 32.2. The van der Waals surface area contributed by atoms with Crippen LogP contribution in [0.4, 0.5) is 13.2 Å². The maximum atomic E-state index is 13.6. The quantitative estimate of drug-likeness (QED) is 0.501. The van der Waals surface area contributed by atoms with E-state index in [1.54, 1.807) is 10.7 Å². The average molecular weight is 587 g/mol. The largest absolute Gasteiger partial charge is 0.491 e. The Balaban J connectivity index is 1.68. The topological polar surface area (TPSA) is 106 Å². The van der Waals surface area contributed by atoms with E-state index in [1.165, 1.54) is 4.31 Å². The van der Waals surface area contributed by atoms with Crippen molar-refractivity contribution < 1.29 is 35.9 Å². The molecule has 0 unspecified atom stereocenters. The Kier molecular flexibility index (Phi) is 8.86. The lowest BCUT2D eigenvalue weighted by Gasteiger charge is -2.23. The number of H-pyrrole nitrogens is 1. The van der Waals surface area contributed by atoms with E-state index in [4.69, 9.17) is 9.47 Å². The molecule has 0 saturated carbocycles. The van der Waals surface area contributed by atoms with Crippen molar-refractivity contribution in [3.05, 3.63) is 46.6 Å². The second-order valence-corrected chi connectivity index (χ2v) is 13.7. The van der Waals surface area contributed by atoms with Gasteiger partial charge in [0.15, 0.2) is 5.49 Å². The molecule has 2 aliphatic rings. The minimum Gasteiger partial charge on any atom is -0.491 e. The summed E-state index contributed by atoms with van der Waals surface area (Å²) in [7, 11) is -3.47. The van der Waals surface area contributed by atoms with Gasteiger partial charge in [0.05, 0.1) is 36.1 Å². The second-order valence-electron chi connectivity index (χ2n) is 11.7. The first-order valence-corrected chi connectivity index (χ1v) is 15.3. The minimum atomic E-state index is -4.68. The number of ether oxygens (including phenoxy) is 2. The lowest BCUT2D eigenvalue weighted by atomic mass is 9.91. The molecule has 2 saturated heterocycles. The molecule has 3 heterocycles. The molecule has 1 N–H and O–H groups in total.